The predicted molar refractivity (Wildman–Crippen MR) is 220 cm³/mol. The molecule has 2 nitrogen and oxygen atoms in total. The molecule has 248 valence electrons. The molecule has 1 aliphatic rings. The third kappa shape index (κ3) is 4.21. The maximum absolute atomic E-state index is 2.52. The van der Waals surface area contributed by atoms with E-state index < -0.39 is 5.41 Å². The van der Waals surface area contributed by atoms with Crippen molar-refractivity contribution in [2.75, 3.05) is 0 Å². The van der Waals surface area contributed by atoms with Crippen molar-refractivity contribution in [1.82, 2.24) is 9.13 Å². The molecule has 1 aliphatic carbocycles. The van der Waals surface area contributed by atoms with Gasteiger partial charge >= 0.3 is 0 Å². The summed E-state index contributed by atoms with van der Waals surface area (Å²) >= 11 is 0. The van der Waals surface area contributed by atoms with Crippen LogP contribution in [0.5, 0.6) is 0 Å². The molecule has 0 unspecified atom stereocenters. The maximum atomic E-state index is 2.52. The average Bonchev–Trinajstić information content (AvgIpc) is 3.89. The van der Waals surface area contributed by atoms with Crippen molar-refractivity contribution in [2.45, 2.75) is 5.41 Å². The Kier molecular flexibility index (Phi) is 6.50. The van der Waals surface area contributed by atoms with E-state index >= 15 is 0 Å². The molecule has 10 aromatic rings. The lowest BCUT2D eigenvalue weighted by Crippen LogP contribution is -2.28. The molecular weight excluding hydrogens is 641 g/mol. The molecule has 0 radical (unpaired) electrons. The minimum Gasteiger partial charge on any atom is -0.314 e. The summed E-state index contributed by atoms with van der Waals surface area (Å²) in [7, 11) is 0. The third-order valence-corrected chi connectivity index (χ3v) is 11.4. The number of rotatable bonds is 5. The summed E-state index contributed by atoms with van der Waals surface area (Å²) in [6.45, 7) is 0. The van der Waals surface area contributed by atoms with Gasteiger partial charge in [0.1, 0.15) is 0 Å². The first-order valence-corrected chi connectivity index (χ1v) is 18.4. The van der Waals surface area contributed by atoms with Gasteiger partial charge in [0.2, 0.25) is 0 Å². The van der Waals surface area contributed by atoms with E-state index in [9.17, 15) is 0 Å². The highest BCUT2D eigenvalue weighted by Crippen LogP contribution is 2.56. The summed E-state index contributed by atoms with van der Waals surface area (Å²) in [6, 6.07) is 73.4. The molecule has 0 bridgehead atoms. The van der Waals surface area contributed by atoms with Gasteiger partial charge in [0.15, 0.2) is 0 Å². The van der Waals surface area contributed by atoms with Crippen molar-refractivity contribution in [3.63, 3.8) is 0 Å². The molecule has 2 heterocycles. The number of para-hydroxylation sites is 2. The van der Waals surface area contributed by atoms with E-state index in [2.05, 4.69) is 216 Å². The molecule has 0 saturated heterocycles. The third-order valence-electron chi connectivity index (χ3n) is 11.4. The van der Waals surface area contributed by atoms with Crippen LogP contribution in [-0.4, -0.2) is 9.13 Å². The van der Waals surface area contributed by atoms with E-state index in [1.165, 1.54) is 77.2 Å². The largest absolute Gasteiger partial charge is 0.314 e. The van der Waals surface area contributed by atoms with Gasteiger partial charge in [-0.05, 0) is 69.3 Å². The van der Waals surface area contributed by atoms with Crippen LogP contribution in [0.3, 0.4) is 0 Å². The van der Waals surface area contributed by atoms with E-state index in [1.807, 2.05) is 0 Å². The zero-order valence-electron chi connectivity index (χ0n) is 29.0. The van der Waals surface area contributed by atoms with Gasteiger partial charge in [-0.3, -0.25) is 0 Å². The monoisotopic (exact) mass is 674 g/mol. The Morgan fingerprint density at radius 2 is 0.943 bits per heavy atom. The summed E-state index contributed by atoms with van der Waals surface area (Å²) in [5, 5.41) is 3.71. The van der Waals surface area contributed by atoms with E-state index in [0.717, 1.165) is 11.4 Å². The van der Waals surface area contributed by atoms with Crippen molar-refractivity contribution < 1.29 is 0 Å². The Balaban J connectivity index is 1.28. The van der Waals surface area contributed by atoms with Crippen molar-refractivity contribution in [3.8, 4) is 33.6 Å². The zero-order valence-corrected chi connectivity index (χ0v) is 29.0. The maximum Gasteiger partial charge on any atom is 0.0788 e. The normalized spacial score (nSPS) is 13.1. The lowest BCUT2D eigenvalue weighted by molar-refractivity contribution is 0.767. The number of nitrogens with zero attached hydrogens (tertiary/aromatic N) is 2. The molecule has 53 heavy (non-hydrogen) atoms. The molecule has 0 amide bonds. The van der Waals surface area contributed by atoms with Crippen molar-refractivity contribution >= 4 is 32.7 Å². The van der Waals surface area contributed by atoms with E-state index in [-0.39, 0.29) is 0 Å². The summed E-state index contributed by atoms with van der Waals surface area (Å²) in [5.41, 5.74) is 15.6. The van der Waals surface area contributed by atoms with Crippen LogP contribution < -0.4 is 0 Å². The van der Waals surface area contributed by atoms with E-state index in [4.69, 9.17) is 0 Å². The molecule has 0 spiro atoms. The number of hydrogen-bond donors (Lipinski definition) is 0. The highest BCUT2D eigenvalue weighted by molar-refractivity contribution is 6.20. The fraction of sp³-hybridized carbons (Fsp3) is 0.0196. The number of benzene rings is 8. The fourth-order valence-electron chi connectivity index (χ4n) is 9.24. The van der Waals surface area contributed by atoms with Crippen LogP contribution in [0, 0.1) is 0 Å². The number of hydrogen-bond acceptors (Lipinski definition) is 0. The van der Waals surface area contributed by atoms with Gasteiger partial charge in [0.25, 0.3) is 0 Å². The SMILES string of the molecule is c1ccc(-c2cn(-c3ccccc3)c3c2ccc2c4ccccc4n(-c4ccc5c(c4)C(c4ccccc4)(c4ccccc4)c4ccccc4-5)c23)cc1. The minimum absolute atomic E-state index is 0.483. The quantitative estimate of drug-likeness (QED) is 0.172. The van der Waals surface area contributed by atoms with Gasteiger partial charge in [-0.15, -0.1) is 0 Å². The zero-order chi connectivity index (χ0) is 34.9. The van der Waals surface area contributed by atoms with Crippen LogP contribution in [0.4, 0.5) is 0 Å². The Morgan fingerprint density at radius 1 is 0.358 bits per heavy atom. The first-order valence-electron chi connectivity index (χ1n) is 18.4. The van der Waals surface area contributed by atoms with Crippen molar-refractivity contribution in [2.24, 2.45) is 0 Å². The number of fused-ring (bicyclic) bond motifs is 8. The lowest BCUT2D eigenvalue weighted by Gasteiger charge is -2.34. The van der Waals surface area contributed by atoms with Crippen LogP contribution in [0.2, 0.25) is 0 Å². The molecule has 8 aromatic carbocycles. The average molecular weight is 675 g/mol. The molecule has 2 heteroatoms. The van der Waals surface area contributed by atoms with Gasteiger partial charge in [-0.1, -0.05) is 170 Å². The highest BCUT2D eigenvalue weighted by Gasteiger charge is 2.46. The Labute approximate surface area is 308 Å². The van der Waals surface area contributed by atoms with E-state index in [0.29, 0.717) is 0 Å². The highest BCUT2D eigenvalue weighted by atomic mass is 15.0. The first-order chi connectivity index (χ1) is 26.3. The van der Waals surface area contributed by atoms with Crippen LogP contribution >= 0.6 is 0 Å². The van der Waals surface area contributed by atoms with Gasteiger partial charge in [0.05, 0.1) is 22.0 Å². The lowest BCUT2D eigenvalue weighted by atomic mass is 9.67. The van der Waals surface area contributed by atoms with Crippen LogP contribution in [0.1, 0.15) is 22.3 Å². The Morgan fingerprint density at radius 3 is 1.68 bits per heavy atom. The second kappa shape index (κ2) is 11.6. The van der Waals surface area contributed by atoms with Crippen LogP contribution in [0.15, 0.2) is 206 Å². The second-order valence-electron chi connectivity index (χ2n) is 14.1. The standard InChI is InChI=1S/C51H34N2/c1-5-17-35(18-6-1)45-34-52(38-23-11-4-12-24-38)49-44(45)32-31-43-42-26-14-16-28-48(42)53(50(43)49)39-29-30-41-40-25-13-15-27-46(40)51(47(41)33-39,36-19-7-2-8-20-36)37-21-9-3-10-22-37/h1-34H. The van der Waals surface area contributed by atoms with Crippen molar-refractivity contribution in [3.05, 3.63) is 229 Å². The fourth-order valence-corrected chi connectivity index (χ4v) is 9.24. The van der Waals surface area contributed by atoms with Gasteiger partial charge in [-0.25, -0.2) is 0 Å². The molecule has 0 saturated carbocycles. The summed E-state index contributed by atoms with van der Waals surface area (Å²) < 4.78 is 4.92. The van der Waals surface area contributed by atoms with E-state index in [1.54, 1.807) is 0 Å². The Hall–Kier alpha value is -6.90. The first kappa shape index (κ1) is 29.8. The molecule has 11 rings (SSSR count). The molecular formula is C51H34N2. The van der Waals surface area contributed by atoms with Crippen molar-refractivity contribution in [1.29, 1.82) is 0 Å². The minimum atomic E-state index is -0.483. The smallest absolute Gasteiger partial charge is 0.0788 e. The number of aromatic nitrogens is 2. The summed E-state index contributed by atoms with van der Waals surface area (Å²) in [5.74, 6) is 0. The predicted octanol–water partition coefficient (Wildman–Crippen LogP) is 12.8. The van der Waals surface area contributed by atoms with Gasteiger partial charge < -0.3 is 9.13 Å². The molecule has 0 atom stereocenters. The topological polar surface area (TPSA) is 9.86 Å². The molecule has 0 aliphatic heterocycles. The van der Waals surface area contributed by atoms with Gasteiger partial charge in [-0.2, -0.15) is 0 Å². The summed E-state index contributed by atoms with van der Waals surface area (Å²) in [4.78, 5) is 0. The second-order valence-corrected chi connectivity index (χ2v) is 14.1. The summed E-state index contributed by atoms with van der Waals surface area (Å²) in [6.07, 6.45) is 2.33. The molecule has 2 aromatic heterocycles. The van der Waals surface area contributed by atoms with Crippen LogP contribution in [-0.2, 0) is 5.41 Å². The van der Waals surface area contributed by atoms with Gasteiger partial charge in [0, 0.05) is 39.3 Å². The molecule has 0 fully saturated rings. The molecule has 0 N–H and O–H groups in total. The van der Waals surface area contributed by atoms with Crippen LogP contribution in [0.25, 0.3) is 66.3 Å². The Bertz CT molecular complexity index is 2930.